The zero-order valence-electron chi connectivity index (χ0n) is 10.8. The number of aryl methyl sites for hydroxylation is 1. The van der Waals surface area contributed by atoms with Gasteiger partial charge in [-0.3, -0.25) is 4.79 Å². The van der Waals surface area contributed by atoms with Crippen molar-refractivity contribution >= 4 is 5.97 Å². The van der Waals surface area contributed by atoms with Gasteiger partial charge in [0.15, 0.2) is 0 Å². The minimum absolute atomic E-state index is 0.111. The van der Waals surface area contributed by atoms with Crippen molar-refractivity contribution in [2.24, 2.45) is 0 Å². The fraction of sp³-hybridized carbons (Fsp3) is 0.200. The van der Waals surface area contributed by atoms with Crippen LogP contribution in [-0.4, -0.2) is 15.6 Å². The number of carboxylic acids is 1. The zero-order chi connectivity index (χ0) is 14.0. The fourth-order valence-electron chi connectivity index (χ4n) is 2.14. The average molecular weight is 257 g/mol. The summed E-state index contributed by atoms with van der Waals surface area (Å²) < 4.78 is 1.45. The molecule has 1 aromatic heterocycles. The van der Waals surface area contributed by atoms with Crippen LogP contribution in [0.5, 0.6) is 0 Å². The summed E-state index contributed by atoms with van der Waals surface area (Å²) in [5, 5.41) is 8.99. The zero-order valence-corrected chi connectivity index (χ0v) is 10.8. The maximum Gasteiger partial charge on any atom is 0.337 e. The Hall–Kier alpha value is -2.36. The number of nitrogens with zero attached hydrogens (tertiary/aromatic N) is 1. The Labute approximate surface area is 110 Å². The summed E-state index contributed by atoms with van der Waals surface area (Å²) >= 11 is 0. The van der Waals surface area contributed by atoms with Crippen LogP contribution in [0.4, 0.5) is 0 Å². The quantitative estimate of drug-likeness (QED) is 0.918. The molecule has 4 nitrogen and oxygen atoms in total. The first-order valence-corrected chi connectivity index (χ1v) is 6.01. The van der Waals surface area contributed by atoms with E-state index in [1.54, 1.807) is 0 Å². The third-order valence-corrected chi connectivity index (χ3v) is 3.24. The van der Waals surface area contributed by atoms with Crippen LogP contribution in [0.3, 0.4) is 0 Å². The van der Waals surface area contributed by atoms with Gasteiger partial charge in [-0.2, -0.15) is 0 Å². The van der Waals surface area contributed by atoms with E-state index in [9.17, 15) is 9.59 Å². The maximum absolute atomic E-state index is 11.9. The summed E-state index contributed by atoms with van der Waals surface area (Å²) in [4.78, 5) is 22.9. The van der Waals surface area contributed by atoms with E-state index in [1.807, 2.05) is 38.1 Å². The number of aromatic carboxylic acids is 1. The topological polar surface area (TPSA) is 59.3 Å². The van der Waals surface area contributed by atoms with E-state index in [2.05, 4.69) is 0 Å². The molecular weight excluding hydrogens is 242 g/mol. The molecule has 0 radical (unpaired) electrons. The van der Waals surface area contributed by atoms with Gasteiger partial charge in [-0.05, 0) is 31.0 Å². The van der Waals surface area contributed by atoms with E-state index in [0.717, 1.165) is 11.1 Å². The number of carbonyl (C=O) groups is 1. The molecule has 2 aromatic rings. The first kappa shape index (κ1) is 13.1. The Balaban J connectivity index is 2.53. The van der Waals surface area contributed by atoms with Gasteiger partial charge in [-0.15, -0.1) is 0 Å². The van der Waals surface area contributed by atoms with E-state index >= 15 is 0 Å². The van der Waals surface area contributed by atoms with Gasteiger partial charge in [0, 0.05) is 12.3 Å². The maximum atomic E-state index is 11.9. The SMILES string of the molecule is Cc1ccccc1C(C)n1cc(C(=O)O)ccc1=O. The molecule has 1 atom stereocenters. The molecular formula is C15H15NO3. The highest BCUT2D eigenvalue weighted by atomic mass is 16.4. The van der Waals surface area contributed by atoms with Crippen molar-refractivity contribution in [3.8, 4) is 0 Å². The lowest BCUT2D eigenvalue weighted by molar-refractivity contribution is 0.0695. The molecule has 0 aliphatic heterocycles. The van der Waals surface area contributed by atoms with Gasteiger partial charge in [0.05, 0.1) is 11.6 Å². The molecule has 1 heterocycles. The minimum atomic E-state index is -1.04. The highest BCUT2D eigenvalue weighted by molar-refractivity contribution is 5.87. The van der Waals surface area contributed by atoms with E-state index < -0.39 is 5.97 Å². The van der Waals surface area contributed by atoms with Gasteiger partial charge in [-0.25, -0.2) is 4.79 Å². The first-order chi connectivity index (χ1) is 9.00. The van der Waals surface area contributed by atoms with Crippen LogP contribution < -0.4 is 5.56 Å². The molecule has 0 saturated heterocycles. The second-order valence-corrected chi connectivity index (χ2v) is 4.50. The summed E-state index contributed by atoms with van der Waals surface area (Å²) in [7, 11) is 0. The number of hydrogen-bond donors (Lipinski definition) is 1. The van der Waals surface area contributed by atoms with Crippen molar-refractivity contribution in [3.05, 3.63) is 69.6 Å². The Bertz CT molecular complexity index is 673. The van der Waals surface area contributed by atoms with E-state index in [1.165, 1.54) is 22.9 Å². The van der Waals surface area contributed by atoms with Gasteiger partial charge >= 0.3 is 5.97 Å². The van der Waals surface area contributed by atoms with Crippen molar-refractivity contribution in [1.82, 2.24) is 4.57 Å². The minimum Gasteiger partial charge on any atom is -0.478 e. The lowest BCUT2D eigenvalue weighted by Gasteiger charge is -2.18. The van der Waals surface area contributed by atoms with E-state index in [-0.39, 0.29) is 17.2 Å². The van der Waals surface area contributed by atoms with Crippen LogP contribution >= 0.6 is 0 Å². The number of benzene rings is 1. The van der Waals surface area contributed by atoms with E-state index in [0.29, 0.717) is 0 Å². The van der Waals surface area contributed by atoms with Crippen LogP contribution in [-0.2, 0) is 0 Å². The molecule has 0 amide bonds. The van der Waals surface area contributed by atoms with Crippen molar-refractivity contribution < 1.29 is 9.90 Å². The van der Waals surface area contributed by atoms with Gasteiger partial charge < -0.3 is 9.67 Å². The first-order valence-electron chi connectivity index (χ1n) is 6.01. The molecule has 0 aliphatic carbocycles. The number of rotatable bonds is 3. The van der Waals surface area contributed by atoms with Crippen LogP contribution in [0.1, 0.15) is 34.5 Å². The molecule has 0 fully saturated rings. The number of aromatic nitrogens is 1. The monoisotopic (exact) mass is 257 g/mol. The molecule has 1 N–H and O–H groups in total. The Morgan fingerprint density at radius 1 is 1.21 bits per heavy atom. The highest BCUT2D eigenvalue weighted by Gasteiger charge is 2.13. The molecule has 0 bridgehead atoms. The molecule has 0 aliphatic rings. The van der Waals surface area contributed by atoms with Crippen molar-refractivity contribution in [3.63, 3.8) is 0 Å². The predicted octanol–water partition coefficient (Wildman–Crippen LogP) is 2.46. The molecule has 4 heteroatoms. The summed E-state index contributed by atoms with van der Waals surface area (Å²) in [6.07, 6.45) is 1.39. The standard InChI is InChI=1S/C15H15NO3/c1-10-5-3-4-6-13(10)11(2)16-9-12(15(18)19)7-8-14(16)17/h3-9,11H,1-2H3,(H,18,19). The normalized spacial score (nSPS) is 12.1. The lowest BCUT2D eigenvalue weighted by atomic mass is 10.0. The molecule has 0 spiro atoms. The second-order valence-electron chi connectivity index (χ2n) is 4.50. The largest absolute Gasteiger partial charge is 0.478 e. The molecule has 98 valence electrons. The van der Waals surface area contributed by atoms with Crippen molar-refractivity contribution in [1.29, 1.82) is 0 Å². The Kier molecular flexibility index (Phi) is 3.51. The van der Waals surface area contributed by atoms with Crippen LogP contribution in [0.2, 0.25) is 0 Å². The molecule has 0 saturated carbocycles. The van der Waals surface area contributed by atoms with Gasteiger partial charge in [0.1, 0.15) is 0 Å². The molecule has 1 unspecified atom stereocenters. The summed E-state index contributed by atoms with van der Waals surface area (Å²) in [6.45, 7) is 3.85. The van der Waals surface area contributed by atoms with Crippen LogP contribution in [0.25, 0.3) is 0 Å². The third-order valence-electron chi connectivity index (χ3n) is 3.24. The number of pyridine rings is 1. The third kappa shape index (κ3) is 2.57. The second kappa shape index (κ2) is 5.10. The highest BCUT2D eigenvalue weighted by Crippen LogP contribution is 2.20. The average Bonchev–Trinajstić information content (AvgIpc) is 2.38. The Morgan fingerprint density at radius 3 is 2.53 bits per heavy atom. The fourth-order valence-corrected chi connectivity index (χ4v) is 2.14. The summed E-state index contributed by atoms with van der Waals surface area (Å²) in [5.74, 6) is -1.04. The van der Waals surface area contributed by atoms with Gasteiger partial charge in [0.2, 0.25) is 0 Å². The van der Waals surface area contributed by atoms with Gasteiger partial charge in [-0.1, -0.05) is 24.3 Å². The molecule has 1 aromatic carbocycles. The van der Waals surface area contributed by atoms with Crippen LogP contribution in [0, 0.1) is 6.92 Å². The Morgan fingerprint density at radius 2 is 1.89 bits per heavy atom. The van der Waals surface area contributed by atoms with Crippen molar-refractivity contribution in [2.45, 2.75) is 19.9 Å². The number of hydrogen-bond acceptors (Lipinski definition) is 2. The lowest BCUT2D eigenvalue weighted by Crippen LogP contribution is -2.24. The van der Waals surface area contributed by atoms with E-state index in [4.69, 9.17) is 5.11 Å². The summed E-state index contributed by atoms with van der Waals surface area (Å²) in [5.41, 5.74) is 1.98. The van der Waals surface area contributed by atoms with Gasteiger partial charge in [0.25, 0.3) is 5.56 Å². The molecule has 2 rings (SSSR count). The summed E-state index contributed by atoms with van der Waals surface area (Å²) in [6, 6.07) is 10.2. The van der Waals surface area contributed by atoms with Crippen molar-refractivity contribution in [2.75, 3.05) is 0 Å². The predicted molar refractivity (Wildman–Crippen MR) is 72.7 cm³/mol. The smallest absolute Gasteiger partial charge is 0.337 e. The number of carboxylic acid groups (broad SMARTS) is 1. The molecule has 19 heavy (non-hydrogen) atoms. The van der Waals surface area contributed by atoms with Crippen LogP contribution in [0.15, 0.2) is 47.4 Å².